The van der Waals surface area contributed by atoms with Crippen molar-refractivity contribution in [3.05, 3.63) is 46.4 Å². The van der Waals surface area contributed by atoms with Gasteiger partial charge in [-0.1, -0.05) is 37.6 Å². The third-order valence-corrected chi connectivity index (χ3v) is 14.7. The van der Waals surface area contributed by atoms with Crippen LogP contribution in [0.4, 0.5) is 0 Å². The number of benzene rings is 1. The van der Waals surface area contributed by atoms with E-state index in [1.807, 2.05) is 29.7 Å². The van der Waals surface area contributed by atoms with Gasteiger partial charge in [0, 0.05) is 36.3 Å². The zero-order chi connectivity index (χ0) is 37.9. The summed E-state index contributed by atoms with van der Waals surface area (Å²) in [6.07, 6.45) is 7.33. The van der Waals surface area contributed by atoms with Gasteiger partial charge in [0.25, 0.3) is 5.91 Å². The first-order valence-electron chi connectivity index (χ1n) is 18.3. The average molecular weight is 784 g/mol. The SMILES string of the molecule is COc1ccc2c(OC3CC4C(=O)N(C)CCCC/C=C\[C@@H]5C[C@@]5(C(=O)NS(=O)(=O)C5(C)CC5)NC(=O)[C@@H]4C3)cc(-c3nc(C(C)C)cs3)nc2c1Cl. The lowest BCUT2D eigenvalue weighted by Gasteiger charge is -2.27. The Morgan fingerprint density at radius 1 is 1.13 bits per heavy atom. The average Bonchev–Trinajstić information content (AvgIpc) is 3.89. The Balaban J connectivity index is 1.21. The van der Waals surface area contributed by atoms with Crippen LogP contribution in [0.5, 0.6) is 11.5 Å². The number of rotatable bonds is 8. The number of halogens is 1. The molecule has 3 heterocycles. The zero-order valence-corrected chi connectivity index (χ0v) is 33.0. The molecule has 0 spiro atoms. The van der Waals surface area contributed by atoms with E-state index >= 15 is 0 Å². The molecule has 7 rings (SSSR count). The normalized spacial score (nSPS) is 27.7. The largest absolute Gasteiger partial charge is 0.495 e. The fourth-order valence-electron chi connectivity index (χ4n) is 7.41. The van der Waals surface area contributed by atoms with Crippen molar-refractivity contribution in [2.75, 3.05) is 20.7 Å². The highest BCUT2D eigenvalue weighted by molar-refractivity contribution is 7.91. The summed E-state index contributed by atoms with van der Waals surface area (Å²) in [7, 11) is -0.652. The number of carbonyl (C=O) groups excluding carboxylic acids is 3. The number of hydrogen-bond acceptors (Lipinski definition) is 10. The van der Waals surface area contributed by atoms with Gasteiger partial charge in [-0.25, -0.2) is 18.4 Å². The number of nitrogens with one attached hydrogen (secondary N) is 2. The molecular formula is C38H46ClN5O7S2. The van der Waals surface area contributed by atoms with Gasteiger partial charge >= 0.3 is 0 Å². The molecule has 3 amide bonds. The van der Waals surface area contributed by atoms with E-state index in [2.05, 4.69) is 23.9 Å². The van der Waals surface area contributed by atoms with Gasteiger partial charge in [0.05, 0.1) is 34.9 Å². The molecule has 5 atom stereocenters. The van der Waals surface area contributed by atoms with E-state index < -0.39 is 50.1 Å². The van der Waals surface area contributed by atoms with Crippen LogP contribution in [0.1, 0.15) is 83.7 Å². The van der Waals surface area contributed by atoms with Gasteiger partial charge in [-0.2, -0.15) is 0 Å². The minimum atomic E-state index is -3.94. The second-order valence-electron chi connectivity index (χ2n) is 15.5. The second kappa shape index (κ2) is 14.2. The molecule has 12 nitrogen and oxygen atoms in total. The van der Waals surface area contributed by atoms with E-state index in [0.717, 1.165) is 25.0 Å². The van der Waals surface area contributed by atoms with Gasteiger partial charge in [0.15, 0.2) is 0 Å². The summed E-state index contributed by atoms with van der Waals surface area (Å²) in [5.41, 5.74) is 0.556. The first-order valence-corrected chi connectivity index (χ1v) is 21.0. The molecule has 0 radical (unpaired) electrons. The van der Waals surface area contributed by atoms with Crippen molar-refractivity contribution in [1.29, 1.82) is 0 Å². The predicted molar refractivity (Wildman–Crippen MR) is 203 cm³/mol. The fraction of sp³-hybridized carbons (Fsp3) is 0.553. The summed E-state index contributed by atoms with van der Waals surface area (Å²) in [4.78, 5) is 53.5. The Morgan fingerprint density at radius 3 is 2.58 bits per heavy atom. The van der Waals surface area contributed by atoms with Gasteiger partial charge in [-0.05, 0) is 76.3 Å². The number of fused-ring (bicyclic) bond motifs is 3. The molecule has 0 bridgehead atoms. The topological polar surface area (TPSA) is 157 Å². The van der Waals surface area contributed by atoms with E-state index in [4.69, 9.17) is 31.0 Å². The summed E-state index contributed by atoms with van der Waals surface area (Å²) in [5.74, 6) is -2.14. The molecule has 3 fully saturated rings. The maximum atomic E-state index is 14.3. The smallest absolute Gasteiger partial charge is 0.259 e. The number of thiazole rings is 1. The standard InChI is InChI=1S/C38H46ClN5O7S2/c1-21(2)28-20-52-34(41-28)27-18-30(24-11-12-29(50-5)31(39)32(24)40-27)51-23-16-25-26(17-23)35(46)44(4)15-9-7-6-8-10-22-19-38(22,42-33(25)45)36(47)43-53(48,49)37(3)13-14-37/h8,10-12,18,20-23,25-26H,6-7,9,13-17,19H2,1-5H3,(H,42,45)(H,43,47)/b10-8-/t22-,23?,25-,26?,38-/m1/s1. The van der Waals surface area contributed by atoms with Crippen molar-refractivity contribution in [2.45, 2.75) is 94.4 Å². The summed E-state index contributed by atoms with van der Waals surface area (Å²) >= 11 is 8.27. The number of amides is 3. The number of methoxy groups -OCH3 is 1. The molecule has 2 unspecified atom stereocenters. The van der Waals surface area contributed by atoms with Crippen LogP contribution in [0, 0.1) is 17.8 Å². The molecule has 4 aliphatic rings. The van der Waals surface area contributed by atoms with Crippen LogP contribution in [-0.4, -0.2) is 78.1 Å². The second-order valence-corrected chi connectivity index (χ2v) is 18.9. The molecule has 53 heavy (non-hydrogen) atoms. The van der Waals surface area contributed by atoms with E-state index in [9.17, 15) is 22.8 Å². The van der Waals surface area contributed by atoms with Crippen molar-refractivity contribution in [1.82, 2.24) is 24.9 Å². The molecule has 1 aromatic carbocycles. The summed E-state index contributed by atoms with van der Waals surface area (Å²) in [6.45, 7) is 6.30. The molecule has 1 aliphatic heterocycles. The van der Waals surface area contributed by atoms with Gasteiger partial charge in [0.2, 0.25) is 21.8 Å². The summed E-state index contributed by atoms with van der Waals surface area (Å²) in [5, 5.41) is 6.62. The number of ether oxygens (including phenoxy) is 2. The van der Waals surface area contributed by atoms with Gasteiger partial charge in [0.1, 0.15) is 38.9 Å². The number of carbonyl (C=O) groups is 3. The molecule has 2 aromatic heterocycles. The molecule has 3 saturated carbocycles. The van der Waals surface area contributed by atoms with Crippen LogP contribution < -0.4 is 19.5 Å². The quantitative estimate of drug-likeness (QED) is 0.262. The van der Waals surface area contributed by atoms with Crippen LogP contribution in [-0.2, 0) is 24.4 Å². The number of sulfonamides is 1. The fourth-order valence-corrected chi connectivity index (χ4v) is 9.95. The molecule has 0 saturated heterocycles. The van der Waals surface area contributed by atoms with Gasteiger partial charge in [-0.15, -0.1) is 11.3 Å². The monoisotopic (exact) mass is 783 g/mol. The van der Waals surface area contributed by atoms with Gasteiger partial charge in [-0.3, -0.25) is 19.1 Å². The molecule has 3 aromatic rings. The highest BCUT2D eigenvalue weighted by Gasteiger charge is 2.63. The van der Waals surface area contributed by atoms with E-state index in [-0.39, 0.29) is 37.0 Å². The lowest BCUT2D eigenvalue weighted by Crippen LogP contribution is -2.55. The molecule has 15 heteroatoms. The van der Waals surface area contributed by atoms with E-state index in [1.165, 1.54) is 18.4 Å². The Hall–Kier alpha value is -3.75. The van der Waals surface area contributed by atoms with Crippen molar-refractivity contribution in [3.63, 3.8) is 0 Å². The lowest BCUT2D eigenvalue weighted by atomic mass is 9.93. The highest BCUT2D eigenvalue weighted by Crippen LogP contribution is 2.49. The Kier molecular flexibility index (Phi) is 10.0. The third kappa shape index (κ3) is 7.14. The molecule has 2 N–H and O–H groups in total. The first kappa shape index (κ1) is 37.6. The first-order chi connectivity index (χ1) is 25.2. The van der Waals surface area contributed by atoms with Crippen LogP contribution in [0.3, 0.4) is 0 Å². The van der Waals surface area contributed by atoms with Crippen molar-refractivity contribution in [3.8, 4) is 22.2 Å². The van der Waals surface area contributed by atoms with Crippen molar-refractivity contribution >= 4 is 61.6 Å². The summed E-state index contributed by atoms with van der Waals surface area (Å²) < 4.78 is 39.7. The molecular weight excluding hydrogens is 738 g/mol. The molecule has 3 aliphatic carbocycles. The Morgan fingerprint density at radius 2 is 1.89 bits per heavy atom. The Bertz CT molecular complexity index is 2100. The number of pyridine rings is 1. The maximum Gasteiger partial charge on any atom is 0.259 e. The highest BCUT2D eigenvalue weighted by atomic mass is 35.5. The van der Waals surface area contributed by atoms with Crippen LogP contribution in [0.25, 0.3) is 21.6 Å². The Labute approximate surface area is 319 Å². The number of hydrogen-bond donors (Lipinski definition) is 2. The van der Waals surface area contributed by atoms with Crippen molar-refractivity contribution < 1.29 is 32.3 Å². The van der Waals surface area contributed by atoms with Crippen LogP contribution in [0.2, 0.25) is 5.02 Å². The zero-order valence-electron chi connectivity index (χ0n) is 30.6. The number of nitrogens with zero attached hydrogens (tertiary/aromatic N) is 3. The number of allylic oxidation sites excluding steroid dienone is 1. The number of aromatic nitrogens is 2. The maximum absolute atomic E-state index is 14.3. The van der Waals surface area contributed by atoms with Crippen LogP contribution in [0.15, 0.2) is 35.7 Å². The minimum Gasteiger partial charge on any atom is -0.495 e. The predicted octanol–water partition coefficient (Wildman–Crippen LogP) is 5.99. The third-order valence-electron chi connectivity index (χ3n) is 11.3. The van der Waals surface area contributed by atoms with E-state index in [1.54, 1.807) is 24.9 Å². The summed E-state index contributed by atoms with van der Waals surface area (Å²) in [6, 6.07) is 5.39. The molecule has 284 valence electrons. The van der Waals surface area contributed by atoms with Gasteiger partial charge < -0.3 is 19.7 Å². The minimum absolute atomic E-state index is 0.170. The van der Waals surface area contributed by atoms with E-state index in [0.29, 0.717) is 57.5 Å². The van der Waals surface area contributed by atoms with Crippen LogP contribution >= 0.6 is 22.9 Å². The van der Waals surface area contributed by atoms with Crippen molar-refractivity contribution in [2.24, 2.45) is 17.8 Å². The lowest BCUT2D eigenvalue weighted by molar-refractivity contribution is -0.140.